The highest BCUT2D eigenvalue weighted by Crippen LogP contribution is 2.20. The number of hydrogen-bond donors (Lipinski definition) is 1. The summed E-state index contributed by atoms with van der Waals surface area (Å²) < 4.78 is 33.1. The van der Waals surface area contributed by atoms with Crippen LogP contribution in [0.15, 0.2) is 42.5 Å². The summed E-state index contributed by atoms with van der Waals surface area (Å²) in [7, 11) is 1.15. The molecule has 29 heavy (non-hydrogen) atoms. The number of carbonyl (C=O) groups is 2. The number of carbonyl (C=O) groups excluding carboxylic acids is 2. The van der Waals surface area contributed by atoms with Crippen molar-refractivity contribution < 1.29 is 23.1 Å². The van der Waals surface area contributed by atoms with Crippen molar-refractivity contribution in [2.24, 2.45) is 0 Å². The Bertz CT molecular complexity index is 1080. The molecular weight excluding hydrogens is 380 g/mol. The molecule has 3 aromatic rings. The minimum absolute atomic E-state index is 0.0315. The molecule has 6 nitrogen and oxygen atoms in total. The van der Waals surface area contributed by atoms with Crippen LogP contribution in [0.2, 0.25) is 0 Å². The van der Waals surface area contributed by atoms with Gasteiger partial charge in [0.1, 0.15) is 11.6 Å². The molecule has 2 aromatic carbocycles. The fourth-order valence-corrected chi connectivity index (χ4v) is 3.00. The molecule has 150 valence electrons. The summed E-state index contributed by atoms with van der Waals surface area (Å²) in [5.41, 5.74) is 2.83. The highest BCUT2D eigenvalue weighted by Gasteiger charge is 2.18. The second kappa shape index (κ2) is 8.22. The van der Waals surface area contributed by atoms with E-state index >= 15 is 0 Å². The molecule has 1 heterocycles. The molecule has 0 unspecified atom stereocenters. The average Bonchev–Trinajstić information content (AvgIpc) is 2.97. The van der Waals surface area contributed by atoms with Gasteiger partial charge in [0, 0.05) is 16.9 Å². The van der Waals surface area contributed by atoms with E-state index in [0.29, 0.717) is 11.4 Å². The second-order valence-corrected chi connectivity index (χ2v) is 6.45. The quantitative estimate of drug-likeness (QED) is 0.664. The van der Waals surface area contributed by atoms with E-state index in [1.165, 1.54) is 24.3 Å². The molecule has 0 saturated heterocycles. The highest BCUT2D eigenvalue weighted by molar-refractivity contribution is 5.95. The van der Waals surface area contributed by atoms with Crippen LogP contribution in [-0.4, -0.2) is 28.8 Å². The predicted octanol–water partition coefficient (Wildman–Crippen LogP) is 3.74. The fraction of sp³-hybridized carbons (Fsp3) is 0.190. The Kier molecular flexibility index (Phi) is 5.72. The SMILES string of the molecule is COC(=O)c1cc(NC(=O)Cc2c(C)nn(-c3ccc(F)cc3)c2C)ccc1F. The zero-order valence-corrected chi connectivity index (χ0v) is 16.1. The average molecular weight is 399 g/mol. The molecule has 0 bridgehead atoms. The van der Waals surface area contributed by atoms with Gasteiger partial charge in [0.2, 0.25) is 5.91 Å². The van der Waals surface area contributed by atoms with Crippen molar-refractivity contribution in [2.45, 2.75) is 20.3 Å². The van der Waals surface area contributed by atoms with Gasteiger partial charge in [-0.15, -0.1) is 0 Å². The third kappa shape index (κ3) is 4.31. The normalized spacial score (nSPS) is 10.7. The van der Waals surface area contributed by atoms with Gasteiger partial charge in [0.25, 0.3) is 0 Å². The molecule has 0 aliphatic rings. The number of anilines is 1. The first-order valence-electron chi connectivity index (χ1n) is 8.79. The summed E-state index contributed by atoms with van der Waals surface area (Å²) in [5, 5.41) is 7.08. The van der Waals surface area contributed by atoms with Crippen LogP contribution in [0.3, 0.4) is 0 Å². The molecule has 0 spiro atoms. The fourth-order valence-electron chi connectivity index (χ4n) is 3.00. The number of nitrogens with one attached hydrogen (secondary N) is 1. The zero-order chi connectivity index (χ0) is 21.1. The van der Waals surface area contributed by atoms with Gasteiger partial charge >= 0.3 is 5.97 Å². The summed E-state index contributed by atoms with van der Waals surface area (Å²) in [6.45, 7) is 3.60. The number of esters is 1. The van der Waals surface area contributed by atoms with Crippen molar-refractivity contribution in [3.63, 3.8) is 0 Å². The van der Waals surface area contributed by atoms with Crippen LogP contribution in [0.5, 0.6) is 0 Å². The largest absolute Gasteiger partial charge is 0.465 e. The molecule has 0 fully saturated rings. The van der Waals surface area contributed by atoms with E-state index in [9.17, 15) is 18.4 Å². The third-order valence-corrected chi connectivity index (χ3v) is 4.51. The van der Waals surface area contributed by atoms with Gasteiger partial charge in [0.15, 0.2) is 0 Å². The number of amides is 1. The zero-order valence-electron chi connectivity index (χ0n) is 16.1. The Balaban J connectivity index is 1.80. The van der Waals surface area contributed by atoms with Crippen LogP contribution >= 0.6 is 0 Å². The van der Waals surface area contributed by atoms with Crippen molar-refractivity contribution in [3.8, 4) is 5.69 Å². The van der Waals surface area contributed by atoms with Crippen LogP contribution in [-0.2, 0) is 16.0 Å². The number of hydrogen-bond acceptors (Lipinski definition) is 4. The van der Waals surface area contributed by atoms with E-state index in [1.54, 1.807) is 23.7 Å². The maximum atomic E-state index is 13.7. The topological polar surface area (TPSA) is 73.2 Å². The number of benzene rings is 2. The van der Waals surface area contributed by atoms with Crippen LogP contribution in [0.1, 0.15) is 27.3 Å². The molecule has 1 N–H and O–H groups in total. The van der Waals surface area contributed by atoms with Crippen molar-refractivity contribution >= 4 is 17.6 Å². The Morgan fingerprint density at radius 2 is 1.79 bits per heavy atom. The number of aryl methyl sites for hydroxylation is 1. The molecule has 0 atom stereocenters. The van der Waals surface area contributed by atoms with E-state index in [-0.39, 0.29) is 29.4 Å². The molecule has 0 radical (unpaired) electrons. The lowest BCUT2D eigenvalue weighted by molar-refractivity contribution is -0.115. The summed E-state index contributed by atoms with van der Waals surface area (Å²) in [6, 6.07) is 9.56. The number of methoxy groups -OCH3 is 1. The molecule has 1 aromatic heterocycles. The standard InChI is InChI=1S/C21H19F2N3O3/c1-12-17(13(2)26(25-12)16-7-4-14(22)5-8-16)11-20(27)24-15-6-9-19(23)18(10-15)21(28)29-3/h4-10H,11H2,1-3H3,(H,24,27). The van der Waals surface area contributed by atoms with E-state index in [2.05, 4.69) is 15.2 Å². The number of rotatable bonds is 5. The maximum absolute atomic E-state index is 13.7. The molecule has 0 saturated carbocycles. The summed E-state index contributed by atoms with van der Waals surface area (Å²) in [4.78, 5) is 24.1. The lowest BCUT2D eigenvalue weighted by Gasteiger charge is -2.08. The third-order valence-electron chi connectivity index (χ3n) is 4.51. The molecular formula is C21H19F2N3O3. The van der Waals surface area contributed by atoms with Gasteiger partial charge in [-0.25, -0.2) is 18.3 Å². The van der Waals surface area contributed by atoms with Gasteiger partial charge in [-0.05, 0) is 56.3 Å². The Morgan fingerprint density at radius 1 is 1.10 bits per heavy atom. The number of halogens is 2. The number of aromatic nitrogens is 2. The van der Waals surface area contributed by atoms with Gasteiger partial charge in [-0.2, -0.15) is 5.10 Å². The Morgan fingerprint density at radius 3 is 2.45 bits per heavy atom. The first-order chi connectivity index (χ1) is 13.8. The summed E-state index contributed by atoms with van der Waals surface area (Å²) >= 11 is 0. The van der Waals surface area contributed by atoms with Gasteiger partial charge in [0.05, 0.1) is 30.5 Å². The maximum Gasteiger partial charge on any atom is 0.340 e. The molecule has 0 aliphatic heterocycles. The molecule has 3 rings (SSSR count). The smallest absolute Gasteiger partial charge is 0.340 e. The predicted molar refractivity (Wildman–Crippen MR) is 103 cm³/mol. The van der Waals surface area contributed by atoms with E-state index in [0.717, 1.165) is 24.4 Å². The van der Waals surface area contributed by atoms with Crippen LogP contribution in [0.4, 0.5) is 14.5 Å². The van der Waals surface area contributed by atoms with Crippen LogP contribution in [0.25, 0.3) is 5.69 Å². The molecule has 1 amide bonds. The van der Waals surface area contributed by atoms with Crippen molar-refractivity contribution in [2.75, 3.05) is 12.4 Å². The first-order valence-corrected chi connectivity index (χ1v) is 8.79. The second-order valence-electron chi connectivity index (χ2n) is 6.45. The van der Waals surface area contributed by atoms with Gasteiger partial charge in [-0.3, -0.25) is 4.79 Å². The molecule has 8 heteroatoms. The van der Waals surface area contributed by atoms with Crippen LogP contribution < -0.4 is 5.32 Å². The van der Waals surface area contributed by atoms with Crippen molar-refractivity contribution in [3.05, 3.63) is 76.6 Å². The van der Waals surface area contributed by atoms with Crippen LogP contribution in [0, 0.1) is 25.5 Å². The van der Waals surface area contributed by atoms with E-state index < -0.39 is 11.8 Å². The highest BCUT2D eigenvalue weighted by atomic mass is 19.1. The summed E-state index contributed by atoms with van der Waals surface area (Å²) in [6.07, 6.45) is 0.0315. The Labute approximate surface area is 166 Å². The van der Waals surface area contributed by atoms with Gasteiger partial charge in [-0.1, -0.05) is 0 Å². The van der Waals surface area contributed by atoms with Crippen molar-refractivity contribution in [1.29, 1.82) is 0 Å². The summed E-state index contributed by atoms with van der Waals surface area (Å²) in [5.74, 6) is -2.26. The monoisotopic (exact) mass is 399 g/mol. The first kappa shape index (κ1) is 20.2. The minimum Gasteiger partial charge on any atom is -0.465 e. The minimum atomic E-state index is -0.828. The Hall–Kier alpha value is -3.55. The lowest BCUT2D eigenvalue weighted by Crippen LogP contribution is -2.16. The van der Waals surface area contributed by atoms with E-state index in [1.807, 2.05) is 6.92 Å². The van der Waals surface area contributed by atoms with Crippen molar-refractivity contribution in [1.82, 2.24) is 9.78 Å². The molecule has 0 aliphatic carbocycles. The number of nitrogens with zero attached hydrogens (tertiary/aromatic N) is 2. The van der Waals surface area contributed by atoms with E-state index in [4.69, 9.17) is 0 Å². The number of ether oxygens (including phenoxy) is 1. The lowest BCUT2D eigenvalue weighted by atomic mass is 10.1. The van der Waals surface area contributed by atoms with Gasteiger partial charge < -0.3 is 10.1 Å².